The van der Waals surface area contributed by atoms with Crippen molar-refractivity contribution >= 4 is 23.3 Å². The summed E-state index contributed by atoms with van der Waals surface area (Å²) in [6.07, 6.45) is 4.01. The SMILES string of the molecule is COc1ccc(C(=O)C2CCN(C(=O)c3ccc(C(=O)Nc4cnc(Oc5ccc(C#N)cc5)cc4C)cn3)CC2)cc1. The van der Waals surface area contributed by atoms with Gasteiger partial charge in [-0.25, -0.2) is 4.98 Å². The average Bonchev–Trinajstić information content (AvgIpc) is 3.06. The number of methoxy groups -OCH3 is 1. The molecule has 0 aliphatic carbocycles. The molecule has 2 aromatic heterocycles. The van der Waals surface area contributed by atoms with E-state index in [2.05, 4.69) is 21.4 Å². The average molecular weight is 576 g/mol. The maximum Gasteiger partial charge on any atom is 0.272 e. The first-order valence-corrected chi connectivity index (χ1v) is 13.7. The van der Waals surface area contributed by atoms with Crippen LogP contribution in [0.4, 0.5) is 5.69 Å². The lowest BCUT2D eigenvalue weighted by Gasteiger charge is -2.31. The van der Waals surface area contributed by atoms with E-state index in [1.165, 1.54) is 18.5 Å². The number of benzene rings is 2. The summed E-state index contributed by atoms with van der Waals surface area (Å²) < 4.78 is 10.9. The third-order valence-corrected chi connectivity index (χ3v) is 7.31. The molecule has 0 bridgehead atoms. The first-order valence-electron chi connectivity index (χ1n) is 13.7. The van der Waals surface area contributed by atoms with Crippen LogP contribution >= 0.6 is 0 Å². The molecule has 1 saturated heterocycles. The molecule has 1 aliphatic heterocycles. The second kappa shape index (κ2) is 13.0. The van der Waals surface area contributed by atoms with Gasteiger partial charge >= 0.3 is 0 Å². The summed E-state index contributed by atoms with van der Waals surface area (Å²) in [5, 5.41) is 11.7. The van der Waals surface area contributed by atoms with Crippen LogP contribution in [-0.4, -0.2) is 52.7 Å². The fourth-order valence-corrected chi connectivity index (χ4v) is 4.78. The van der Waals surface area contributed by atoms with Gasteiger partial charge in [-0.1, -0.05) is 0 Å². The molecule has 216 valence electrons. The number of aromatic nitrogens is 2. The molecule has 0 atom stereocenters. The fourth-order valence-electron chi connectivity index (χ4n) is 4.78. The van der Waals surface area contributed by atoms with Crippen LogP contribution in [0.5, 0.6) is 17.4 Å². The van der Waals surface area contributed by atoms with E-state index in [4.69, 9.17) is 14.7 Å². The number of ether oxygens (including phenoxy) is 2. The van der Waals surface area contributed by atoms with Gasteiger partial charge in [-0.15, -0.1) is 0 Å². The third-order valence-electron chi connectivity index (χ3n) is 7.31. The molecular weight excluding hydrogens is 546 g/mol. The topological polar surface area (TPSA) is 135 Å². The fraction of sp³-hybridized carbons (Fsp3) is 0.212. The van der Waals surface area contributed by atoms with E-state index in [0.717, 1.165) is 5.56 Å². The summed E-state index contributed by atoms with van der Waals surface area (Å²) in [6.45, 7) is 2.72. The summed E-state index contributed by atoms with van der Waals surface area (Å²) in [7, 11) is 1.58. The van der Waals surface area contributed by atoms with Crippen LogP contribution < -0.4 is 14.8 Å². The minimum atomic E-state index is -0.394. The Hall–Kier alpha value is -5.56. The third kappa shape index (κ3) is 6.85. The lowest BCUT2D eigenvalue weighted by atomic mass is 9.88. The molecule has 43 heavy (non-hydrogen) atoms. The van der Waals surface area contributed by atoms with Crippen LogP contribution in [0.3, 0.4) is 0 Å². The van der Waals surface area contributed by atoms with Crippen molar-refractivity contribution in [2.45, 2.75) is 19.8 Å². The Kier molecular flexibility index (Phi) is 8.72. The van der Waals surface area contributed by atoms with Crippen LogP contribution in [0.2, 0.25) is 0 Å². The van der Waals surface area contributed by atoms with Gasteiger partial charge in [-0.2, -0.15) is 5.26 Å². The number of likely N-dealkylation sites (tertiary alicyclic amines) is 1. The van der Waals surface area contributed by atoms with E-state index in [-0.39, 0.29) is 28.9 Å². The van der Waals surface area contributed by atoms with Crippen LogP contribution in [0, 0.1) is 24.2 Å². The first-order chi connectivity index (χ1) is 20.8. The van der Waals surface area contributed by atoms with Crippen molar-refractivity contribution in [1.29, 1.82) is 5.26 Å². The Balaban J connectivity index is 1.14. The number of carbonyl (C=O) groups excluding carboxylic acids is 3. The van der Waals surface area contributed by atoms with Gasteiger partial charge in [0.1, 0.15) is 17.2 Å². The largest absolute Gasteiger partial charge is 0.497 e. The van der Waals surface area contributed by atoms with Crippen LogP contribution in [0.25, 0.3) is 0 Å². The molecule has 0 saturated carbocycles. The molecule has 10 nitrogen and oxygen atoms in total. The van der Waals surface area contributed by atoms with E-state index >= 15 is 0 Å². The Labute approximate surface area is 248 Å². The quantitative estimate of drug-likeness (QED) is 0.274. The lowest BCUT2D eigenvalue weighted by Crippen LogP contribution is -2.40. The molecule has 0 unspecified atom stereocenters. The van der Waals surface area contributed by atoms with Gasteiger partial charge < -0.3 is 19.7 Å². The number of amides is 2. The number of nitrogens with one attached hydrogen (secondary N) is 1. The molecule has 1 N–H and O–H groups in total. The number of anilines is 1. The van der Waals surface area contributed by atoms with Crippen LogP contribution in [-0.2, 0) is 0 Å². The van der Waals surface area contributed by atoms with E-state index in [0.29, 0.717) is 60.1 Å². The summed E-state index contributed by atoms with van der Waals surface area (Å²) >= 11 is 0. The zero-order valence-electron chi connectivity index (χ0n) is 23.7. The molecule has 1 fully saturated rings. The predicted octanol–water partition coefficient (Wildman–Crippen LogP) is 5.45. The summed E-state index contributed by atoms with van der Waals surface area (Å²) in [5.74, 6) is 0.873. The minimum Gasteiger partial charge on any atom is -0.497 e. The molecule has 1 aliphatic rings. The van der Waals surface area contributed by atoms with Crippen molar-refractivity contribution in [1.82, 2.24) is 14.9 Å². The zero-order chi connectivity index (χ0) is 30.3. The Morgan fingerprint density at radius 2 is 1.58 bits per heavy atom. The molecule has 10 heteroatoms. The standard InChI is InChI=1S/C33H29N5O5/c1-21-17-30(43-27-8-3-22(18-34)4-9-27)36-20-29(21)37-32(40)25-7-12-28(35-19-25)33(41)38-15-13-24(14-16-38)31(39)23-5-10-26(42-2)11-6-23/h3-12,17,19-20,24H,13-16H2,1-2H3,(H,37,40). The predicted molar refractivity (Wildman–Crippen MR) is 158 cm³/mol. The van der Waals surface area contributed by atoms with E-state index in [9.17, 15) is 14.4 Å². The maximum atomic E-state index is 13.1. The van der Waals surface area contributed by atoms with Crippen LogP contribution in [0.1, 0.15) is 55.2 Å². The number of hydrogen-bond acceptors (Lipinski definition) is 8. The molecule has 0 spiro atoms. The van der Waals surface area contributed by atoms with Gasteiger partial charge in [0.2, 0.25) is 5.88 Å². The normalized spacial score (nSPS) is 13.1. The van der Waals surface area contributed by atoms with E-state index in [1.54, 1.807) is 72.7 Å². The second-order valence-corrected chi connectivity index (χ2v) is 10.1. The smallest absolute Gasteiger partial charge is 0.272 e. The number of nitriles is 1. The lowest BCUT2D eigenvalue weighted by molar-refractivity contribution is 0.0645. The van der Waals surface area contributed by atoms with E-state index in [1.807, 2.05) is 6.92 Å². The van der Waals surface area contributed by atoms with Gasteiger partial charge in [0.15, 0.2) is 5.78 Å². The molecule has 5 rings (SSSR count). The number of Topliss-reactive ketones (excluding diaryl/α,β-unsaturated/α-hetero) is 1. The number of aryl methyl sites for hydroxylation is 1. The van der Waals surface area contributed by atoms with Gasteiger partial charge in [-0.05, 0) is 86.0 Å². The number of hydrogen-bond donors (Lipinski definition) is 1. The number of nitrogens with zero attached hydrogens (tertiary/aromatic N) is 4. The Bertz CT molecular complexity index is 1670. The molecular formula is C33H29N5O5. The zero-order valence-corrected chi connectivity index (χ0v) is 23.7. The van der Waals surface area contributed by atoms with Crippen molar-refractivity contribution in [3.63, 3.8) is 0 Å². The van der Waals surface area contributed by atoms with E-state index < -0.39 is 5.91 Å². The summed E-state index contributed by atoms with van der Waals surface area (Å²) in [4.78, 5) is 49.0. The molecule has 0 radical (unpaired) electrons. The first kappa shape index (κ1) is 29.0. The Morgan fingerprint density at radius 1 is 0.907 bits per heavy atom. The highest BCUT2D eigenvalue weighted by Crippen LogP contribution is 2.26. The molecule has 3 heterocycles. The molecule has 2 amide bonds. The van der Waals surface area contributed by atoms with Gasteiger partial charge in [0.25, 0.3) is 11.8 Å². The molecule has 2 aromatic carbocycles. The number of carbonyl (C=O) groups is 3. The highest BCUT2D eigenvalue weighted by atomic mass is 16.5. The minimum absolute atomic E-state index is 0.0714. The highest BCUT2D eigenvalue weighted by Gasteiger charge is 2.29. The second-order valence-electron chi connectivity index (χ2n) is 10.1. The van der Waals surface area contributed by atoms with Crippen LogP contribution in [0.15, 0.2) is 79.1 Å². The summed E-state index contributed by atoms with van der Waals surface area (Å²) in [5.41, 5.74) is 2.93. The number of pyridine rings is 2. The van der Waals surface area contributed by atoms with Crippen molar-refractivity contribution in [2.24, 2.45) is 5.92 Å². The van der Waals surface area contributed by atoms with Crippen molar-refractivity contribution in [2.75, 3.05) is 25.5 Å². The van der Waals surface area contributed by atoms with Crippen molar-refractivity contribution in [3.8, 4) is 23.4 Å². The monoisotopic (exact) mass is 575 g/mol. The van der Waals surface area contributed by atoms with Gasteiger partial charge in [0, 0.05) is 36.8 Å². The van der Waals surface area contributed by atoms with Crippen molar-refractivity contribution in [3.05, 3.63) is 107 Å². The summed E-state index contributed by atoms with van der Waals surface area (Å²) in [6, 6.07) is 20.6. The number of rotatable bonds is 8. The molecule has 4 aromatic rings. The Morgan fingerprint density at radius 3 is 2.19 bits per heavy atom. The van der Waals surface area contributed by atoms with Gasteiger partial charge in [-0.3, -0.25) is 19.4 Å². The maximum absolute atomic E-state index is 13.1. The van der Waals surface area contributed by atoms with Crippen molar-refractivity contribution < 1.29 is 23.9 Å². The number of piperidine rings is 1. The number of ketones is 1. The van der Waals surface area contributed by atoms with Gasteiger partial charge in [0.05, 0.1) is 36.2 Å². The highest BCUT2D eigenvalue weighted by molar-refractivity contribution is 6.05.